The minimum absolute atomic E-state index is 0.141. The number of rotatable bonds is 2. The Morgan fingerprint density at radius 3 is 2.67 bits per heavy atom. The molecule has 0 spiro atoms. The molecule has 2 fully saturated rings. The monoisotopic (exact) mass is 350 g/mol. The molecule has 1 aliphatic heterocycles. The van der Waals surface area contributed by atoms with Crippen LogP contribution in [0.1, 0.15) is 55.3 Å². The van der Waals surface area contributed by atoms with Crippen LogP contribution in [-0.4, -0.2) is 23.4 Å². The quantitative estimate of drug-likeness (QED) is 0.811. The van der Waals surface area contributed by atoms with Gasteiger partial charge in [-0.2, -0.15) is 0 Å². The van der Waals surface area contributed by atoms with E-state index in [4.69, 9.17) is 5.73 Å². The van der Waals surface area contributed by atoms with Crippen molar-refractivity contribution in [1.29, 1.82) is 0 Å². The van der Waals surface area contributed by atoms with E-state index in [0.29, 0.717) is 23.2 Å². The van der Waals surface area contributed by atoms with Crippen LogP contribution in [0.5, 0.6) is 0 Å². The molecule has 1 aromatic carbocycles. The standard InChI is InChI=1S/C17H23BrN2O/c18-16-13(8-4-9-14(16)19)17(21)20-11-5-10-15(20)12-6-2-1-3-7-12/h4,8-9,12,15H,1-3,5-7,10-11,19H2. The van der Waals surface area contributed by atoms with Crippen molar-refractivity contribution >= 4 is 27.5 Å². The lowest BCUT2D eigenvalue weighted by Gasteiger charge is -2.34. The summed E-state index contributed by atoms with van der Waals surface area (Å²) in [6, 6.07) is 5.99. The normalized spacial score (nSPS) is 23.5. The molecule has 1 atom stereocenters. The van der Waals surface area contributed by atoms with Gasteiger partial charge in [0.25, 0.3) is 5.91 Å². The van der Waals surface area contributed by atoms with Crippen molar-refractivity contribution in [1.82, 2.24) is 4.90 Å². The summed E-state index contributed by atoms with van der Waals surface area (Å²) < 4.78 is 0.740. The summed E-state index contributed by atoms with van der Waals surface area (Å²) in [6.07, 6.45) is 8.87. The summed E-state index contributed by atoms with van der Waals surface area (Å²) in [5, 5.41) is 0. The first kappa shape index (κ1) is 14.9. The number of nitrogen functional groups attached to an aromatic ring is 1. The van der Waals surface area contributed by atoms with Gasteiger partial charge < -0.3 is 10.6 Å². The van der Waals surface area contributed by atoms with Crippen LogP contribution in [0.3, 0.4) is 0 Å². The number of nitrogens with zero attached hydrogens (tertiary/aromatic N) is 1. The zero-order chi connectivity index (χ0) is 14.8. The summed E-state index contributed by atoms with van der Waals surface area (Å²) in [5.74, 6) is 0.840. The SMILES string of the molecule is Nc1cccc(C(=O)N2CCCC2C2CCCCC2)c1Br. The van der Waals surface area contributed by atoms with Gasteiger partial charge in [-0.15, -0.1) is 0 Å². The zero-order valence-corrected chi connectivity index (χ0v) is 13.9. The number of carbonyl (C=O) groups is 1. The maximum absolute atomic E-state index is 12.9. The van der Waals surface area contributed by atoms with Crippen LogP contribution in [-0.2, 0) is 0 Å². The maximum atomic E-state index is 12.9. The zero-order valence-electron chi connectivity index (χ0n) is 12.4. The van der Waals surface area contributed by atoms with E-state index in [-0.39, 0.29) is 5.91 Å². The lowest BCUT2D eigenvalue weighted by atomic mass is 9.83. The molecule has 2 aliphatic rings. The van der Waals surface area contributed by atoms with Gasteiger partial charge in [0.05, 0.1) is 10.0 Å². The topological polar surface area (TPSA) is 46.3 Å². The van der Waals surface area contributed by atoms with Gasteiger partial charge in [-0.3, -0.25) is 4.79 Å². The second kappa shape index (κ2) is 6.39. The first-order valence-corrected chi connectivity index (χ1v) is 8.82. The number of amides is 1. The van der Waals surface area contributed by atoms with Gasteiger partial charge in [0.2, 0.25) is 0 Å². The Bertz CT molecular complexity index is 526. The van der Waals surface area contributed by atoms with Gasteiger partial charge in [0.15, 0.2) is 0 Å². The number of benzene rings is 1. The highest BCUT2D eigenvalue weighted by molar-refractivity contribution is 9.10. The van der Waals surface area contributed by atoms with Crippen LogP contribution in [0, 0.1) is 5.92 Å². The maximum Gasteiger partial charge on any atom is 0.255 e. The van der Waals surface area contributed by atoms with Gasteiger partial charge in [0.1, 0.15) is 0 Å². The van der Waals surface area contributed by atoms with Gasteiger partial charge in [-0.1, -0.05) is 25.3 Å². The van der Waals surface area contributed by atoms with E-state index in [1.165, 1.54) is 32.1 Å². The molecule has 21 heavy (non-hydrogen) atoms. The fourth-order valence-corrected chi connectivity index (χ4v) is 4.36. The fourth-order valence-electron chi connectivity index (χ4n) is 3.92. The molecule has 0 bridgehead atoms. The van der Waals surface area contributed by atoms with E-state index in [1.54, 1.807) is 0 Å². The number of halogens is 1. The summed E-state index contributed by atoms with van der Waals surface area (Å²) in [7, 11) is 0. The molecule has 1 unspecified atom stereocenters. The van der Waals surface area contributed by atoms with Crippen molar-refractivity contribution in [2.45, 2.75) is 51.0 Å². The summed E-state index contributed by atoms with van der Waals surface area (Å²) in [4.78, 5) is 15.0. The van der Waals surface area contributed by atoms with E-state index in [9.17, 15) is 4.79 Å². The molecule has 114 valence electrons. The Morgan fingerprint density at radius 2 is 1.90 bits per heavy atom. The lowest BCUT2D eigenvalue weighted by Crippen LogP contribution is -2.41. The van der Waals surface area contributed by atoms with Gasteiger partial charge in [0, 0.05) is 18.3 Å². The molecule has 1 saturated heterocycles. The fraction of sp³-hybridized carbons (Fsp3) is 0.588. The van der Waals surface area contributed by atoms with Gasteiger partial charge >= 0.3 is 0 Å². The lowest BCUT2D eigenvalue weighted by molar-refractivity contribution is 0.0660. The average molecular weight is 351 g/mol. The van der Waals surface area contributed by atoms with E-state index in [2.05, 4.69) is 20.8 Å². The molecule has 2 N–H and O–H groups in total. The number of hydrogen-bond donors (Lipinski definition) is 1. The second-order valence-electron chi connectivity index (χ2n) is 6.31. The summed E-state index contributed by atoms with van der Waals surface area (Å²) in [6.45, 7) is 0.890. The van der Waals surface area contributed by atoms with Crippen molar-refractivity contribution in [2.24, 2.45) is 5.92 Å². The Labute approximate surface area is 135 Å². The van der Waals surface area contributed by atoms with E-state index in [1.807, 2.05) is 18.2 Å². The van der Waals surface area contributed by atoms with Crippen LogP contribution in [0.4, 0.5) is 5.69 Å². The van der Waals surface area contributed by atoms with E-state index >= 15 is 0 Å². The second-order valence-corrected chi connectivity index (χ2v) is 7.11. The Morgan fingerprint density at radius 1 is 1.14 bits per heavy atom. The molecular formula is C17H23BrN2O. The molecule has 1 aromatic rings. The molecular weight excluding hydrogens is 328 g/mol. The molecule has 1 aliphatic carbocycles. The number of carbonyl (C=O) groups excluding carboxylic acids is 1. The summed E-state index contributed by atoms with van der Waals surface area (Å²) in [5.41, 5.74) is 7.26. The van der Waals surface area contributed by atoms with Crippen LogP contribution in [0.25, 0.3) is 0 Å². The average Bonchev–Trinajstić information content (AvgIpc) is 3.00. The molecule has 3 nitrogen and oxygen atoms in total. The van der Waals surface area contributed by atoms with Crippen molar-refractivity contribution in [3.8, 4) is 0 Å². The highest BCUT2D eigenvalue weighted by Crippen LogP contribution is 2.36. The van der Waals surface area contributed by atoms with Crippen molar-refractivity contribution in [2.75, 3.05) is 12.3 Å². The predicted molar refractivity (Wildman–Crippen MR) is 89.2 cm³/mol. The van der Waals surface area contributed by atoms with Crippen molar-refractivity contribution < 1.29 is 4.79 Å². The third kappa shape index (κ3) is 2.96. The van der Waals surface area contributed by atoms with Gasteiger partial charge in [-0.05, 0) is 59.7 Å². The van der Waals surface area contributed by atoms with Crippen molar-refractivity contribution in [3.63, 3.8) is 0 Å². The Hall–Kier alpha value is -1.03. The third-order valence-electron chi connectivity index (χ3n) is 5.01. The predicted octanol–water partition coefficient (Wildman–Crippen LogP) is 4.22. The molecule has 1 heterocycles. The van der Waals surface area contributed by atoms with Crippen LogP contribution in [0.15, 0.2) is 22.7 Å². The molecule has 0 radical (unpaired) electrons. The van der Waals surface area contributed by atoms with Crippen LogP contribution >= 0.6 is 15.9 Å². The van der Waals surface area contributed by atoms with Crippen LogP contribution in [0.2, 0.25) is 0 Å². The summed E-state index contributed by atoms with van der Waals surface area (Å²) >= 11 is 3.47. The highest BCUT2D eigenvalue weighted by atomic mass is 79.9. The van der Waals surface area contributed by atoms with Gasteiger partial charge in [-0.25, -0.2) is 0 Å². The minimum Gasteiger partial charge on any atom is -0.398 e. The Balaban J connectivity index is 1.81. The number of anilines is 1. The molecule has 4 heteroatoms. The number of hydrogen-bond acceptors (Lipinski definition) is 2. The molecule has 1 amide bonds. The van der Waals surface area contributed by atoms with Crippen LogP contribution < -0.4 is 5.73 Å². The highest BCUT2D eigenvalue weighted by Gasteiger charge is 2.36. The van der Waals surface area contributed by atoms with E-state index < -0.39 is 0 Å². The minimum atomic E-state index is 0.141. The molecule has 3 rings (SSSR count). The number of likely N-dealkylation sites (tertiary alicyclic amines) is 1. The van der Waals surface area contributed by atoms with E-state index in [0.717, 1.165) is 23.9 Å². The molecule has 1 saturated carbocycles. The smallest absolute Gasteiger partial charge is 0.255 e. The largest absolute Gasteiger partial charge is 0.398 e. The first-order valence-electron chi connectivity index (χ1n) is 8.03. The third-order valence-corrected chi connectivity index (χ3v) is 5.90. The molecule has 0 aromatic heterocycles. The Kier molecular flexibility index (Phi) is 4.53. The number of nitrogens with two attached hydrogens (primary N) is 1. The first-order chi connectivity index (χ1) is 10.2. The van der Waals surface area contributed by atoms with Crippen molar-refractivity contribution in [3.05, 3.63) is 28.2 Å².